The van der Waals surface area contributed by atoms with Crippen LogP contribution in [0.5, 0.6) is 5.75 Å². The van der Waals surface area contributed by atoms with Crippen LogP contribution >= 0.6 is 15.9 Å². The number of nitrogens with one attached hydrogen (secondary N) is 1. The average Bonchev–Trinajstić information content (AvgIpc) is 3.44. The van der Waals surface area contributed by atoms with E-state index in [0.29, 0.717) is 16.4 Å². The fourth-order valence-electron chi connectivity index (χ4n) is 3.52. The van der Waals surface area contributed by atoms with Gasteiger partial charge in [-0.2, -0.15) is 20.1 Å². The van der Waals surface area contributed by atoms with Gasteiger partial charge in [0.05, 0.1) is 11.1 Å². The lowest BCUT2D eigenvalue weighted by atomic mass is 10.2. The summed E-state index contributed by atoms with van der Waals surface area (Å²) < 4.78 is 0.459. The Morgan fingerprint density at radius 2 is 1.63 bits per heavy atom. The molecule has 0 unspecified atom stereocenters. The molecule has 0 amide bonds. The van der Waals surface area contributed by atoms with Crippen molar-refractivity contribution in [2.75, 3.05) is 41.4 Å². The van der Waals surface area contributed by atoms with Crippen LogP contribution in [-0.2, 0) is 0 Å². The molecule has 2 aromatic rings. The van der Waals surface area contributed by atoms with Crippen molar-refractivity contribution in [2.24, 2.45) is 5.10 Å². The topological polar surface area (TPSA) is 133 Å². The summed E-state index contributed by atoms with van der Waals surface area (Å²) >= 11 is 3.21. The number of anilines is 3. The van der Waals surface area contributed by atoms with E-state index in [9.17, 15) is 15.2 Å². The highest BCUT2D eigenvalue weighted by Gasteiger charge is 2.22. The quantitative estimate of drug-likeness (QED) is 0.366. The van der Waals surface area contributed by atoms with Gasteiger partial charge in [-0.3, -0.25) is 10.1 Å². The molecule has 158 valence electrons. The standard InChI is InChI=1S/C18H21BrN8O3/c19-13-9-12(15(28)14(10-13)27(29)30)11-20-24-16-21-17(25-5-1-2-6-25)23-18(22-16)26-7-3-4-8-26/h9-11,28H,1-8H2,(H,21,22,23,24)/b20-11-. The Hall–Kier alpha value is -3.02. The lowest BCUT2D eigenvalue weighted by molar-refractivity contribution is -0.385. The van der Waals surface area contributed by atoms with Gasteiger partial charge in [0.1, 0.15) is 0 Å². The molecule has 2 aliphatic heterocycles. The number of aromatic nitrogens is 3. The number of rotatable bonds is 6. The van der Waals surface area contributed by atoms with E-state index in [-0.39, 0.29) is 11.5 Å². The van der Waals surface area contributed by atoms with Gasteiger partial charge in [-0.1, -0.05) is 15.9 Å². The highest BCUT2D eigenvalue weighted by Crippen LogP contribution is 2.32. The summed E-state index contributed by atoms with van der Waals surface area (Å²) in [5.74, 6) is 1.06. The first kappa shape index (κ1) is 20.3. The maximum absolute atomic E-state index is 11.1. The third kappa shape index (κ3) is 4.42. The molecule has 4 rings (SSSR count). The number of hydrogen-bond donors (Lipinski definition) is 2. The second-order valence-electron chi connectivity index (χ2n) is 7.14. The minimum absolute atomic E-state index is 0.192. The zero-order valence-corrected chi connectivity index (χ0v) is 17.7. The first-order valence-corrected chi connectivity index (χ1v) is 10.5. The maximum Gasteiger partial charge on any atom is 0.312 e. The number of aromatic hydroxyl groups is 1. The molecule has 11 nitrogen and oxygen atoms in total. The summed E-state index contributed by atoms with van der Waals surface area (Å²) in [5.41, 5.74) is 2.56. The molecule has 0 aliphatic carbocycles. The van der Waals surface area contributed by atoms with Gasteiger partial charge in [-0.15, -0.1) is 0 Å². The van der Waals surface area contributed by atoms with E-state index < -0.39 is 16.4 Å². The van der Waals surface area contributed by atoms with Crippen molar-refractivity contribution in [2.45, 2.75) is 25.7 Å². The lowest BCUT2D eigenvalue weighted by Crippen LogP contribution is -2.25. The zero-order valence-electron chi connectivity index (χ0n) is 16.2. The zero-order chi connectivity index (χ0) is 21.1. The number of phenolic OH excluding ortho intramolecular Hbond substituents is 1. The molecule has 0 saturated carbocycles. The van der Waals surface area contributed by atoms with Crippen LogP contribution in [0.15, 0.2) is 21.7 Å². The maximum atomic E-state index is 11.1. The van der Waals surface area contributed by atoms with Crippen LogP contribution < -0.4 is 15.2 Å². The van der Waals surface area contributed by atoms with Crippen LogP contribution in [0.3, 0.4) is 0 Å². The smallest absolute Gasteiger partial charge is 0.312 e. The third-order valence-electron chi connectivity index (χ3n) is 5.04. The number of phenols is 1. The molecule has 0 atom stereocenters. The molecule has 0 spiro atoms. The van der Waals surface area contributed by atoms with E-state index in [1.54, 1.807) is 0 Å². The fourth-order valence-corrected chi connectivity index (χ4v) is 3.99. The van der Waals surface area contributed by atoms with Crippen LogP contribution in [0.25, 0.3) is 0 Å². The number of nitrogens with zero attached hydrogens (tertiary/aromatic N) is 7. The first-order valence-electron chi connectivity index (χ1n) is 9.73. The predicted octanol–water partition coefficient (Wildman–Crippen LogP) is 2.89. The highest BCUT2D eigenvalue weighted by atomic mass is 79.9. The van der Waals surface area contributed by atoms with Crippen molar-refractivity contribution in [3.05, 3.63) is 32.3 Å². The highest BCUT2D eigenvalue weighted by molar-refractivity contribution is 9.10. The molecule has 2 saturated heterocycles. The summed E-state index contributed by atoms with van der Waals surface area (Å²) in [7, 11) is 0. The summed E-state index contributed by atoms with van der Waals surface area (Å²) in [6, 6.07) is 2.77. The van der Waals surface area contributed by atoms with Gasteiger partial charge in [0.2, 0.25) is 23.6 Å². The molecule has 30 heavy (non-hydrogen) atoms. The van der Waals surface area contributed by atoms with E-state index in [2.05, 4.69) is 51.2 Å². The van der Waals surface area contributed by atoms with Gasteiger partial charge in [0, 0.05) is 42.3 Å². The van der Waals surface area contributed by atoms with Crippen molar-refractivity contribution >= 4 is 45.7 Å². The molecule has 2 fully saturated rings. The third-order valence-corrected chi connectivity index (χ3v) is 5.50. The molecular formula is C18H21BrN8O3. The fraction of sp³-hybridized carbons (Fsp3) is 0.444. The lowest BCUT2D eigenvalue weighted by Gasteiger charge is -2.20. The molecule has 3 heterocycles. The minimum Gasteiger partial charge on any atom is -0.502 e. The van der Waals surface area contributed by atoms with Gasteiger partial charge in [0.25, 0.3) is 0 Å². The monoisotopic (exact) mass is 476 g/mol. The van der Waals surface area contributed by atoms with E-state index in [1.807, 2.05) is 0 Å². The van der Waals surface area contributed by atoms with Crippen LogP contribution in [0, 0.1) is 10.1 Å². The number of hydrogen-bond acceptors (Lipinski definition) is 10. The number of benzene rings is 1. The summed E-state index contributed by atoms with van der Waals surface area (Å²) in [4.78, 5) is 28.3. The molecule has 12 heteroatoms. The average molecular weight is 477 g/mol. The molecule has 0 radical (unpaired) electrons. The second-order valence-corrected chi connectivity index (χ2v) is 8.05. The van der Waals surface area contributed by atoms with Crippen LogP contribution in [0.4, 0.5) is 23.5 Å². The Balaban J connectivity index is 1.59. The molecule has 0 bridgehead atoms. The van der Waals surface area contributed by atoms with E-state index in [1.165, 1.54) is 18.3 Å². The van der Waals surface area contributed by atoms with Gasteiger partial charge in [0.15, 0.2) is 0 Å². The van der Waals surface area contributed by atoms with Crippen molar-refractivity contribution < 1.29 is 10.0 Å². The first-order chi connectivity index (χ1) is 14.5. The Labute approximate surface area is 181 Å². The normalized spacial score (nSPS) is 16.6. The molecule has 2 aliphatic rings. The van der Waals surface area contributed by atoms with Crippen molar-refractivity contribution in [3.8, 4) is 5.75 Å². The minimum atomic E-state index is -0.651. The van der Waals surface area contributed by atoms with Crippen molar-refractivity contribution in [1.82, 2.24) is 15.0 Å². The van der Waals surface area contributed by atoms with Gasteiger partial charge < -0.3 is 14.9 Å². The molecule has 1 aromatic heterocycles. The van der Waals surface area contributed by atoms with E-state index in [4.69, 9.17) is 0 Å². The molecular weight excluding hydrogens is 456 g/mol. The Morgan fingerprint density at radius 3 is 2.17 bits per heavy atom. The Kier molecular flexibility index (Phi) is 5.93. The summed E-state index contributed by atoms with van der Waals surface area (Å²) in [6.07, 6.45) is 5.71. The number of hydrazone groups is 1. The second kappa shape index (κ2) is 8.78. The predicted molar refractivity (Wildman–Crippen MR) is 116 cm³/mol. The summed E-state index contributed by atoms with van der Waals surface area (Å²) in [5, 5.41) is 25.3. The Bertz CT molecular complexity index is 940. The summed E-state index contributed by atoms with van der Waals surface area (Å²) in [6.45, 7) is 3.62. The van der Waals surface area contributed by atoms with Gasteiger partial charge in [-0.05, 0) is 31.7 Å². The van der Waals surface area contributed by atoms with E-state index in [0.717, 1.165) is 51.9 Å². The number of nitro benzene ring substituents is 1. The van der Waals surface area contributed by atoms with E-state index >= 15 is 0 Å². The number of halogens is 1. The largest absolute Gasteiger partial charge is 0.502 e. The van der Waals surface area contributed by atoms with Crippen LogP contribution in [0.2, 0.25) is 0 Å². The van der Waals surface area contributed by atoms with Gasteiger partial charge in [-0.25, -0.2) is 5.43 Å². The van der Waals surface area contributed by atoms with Crippen molar-refractivity contribution in [1.29, 1.82) is 0 Å². The van der Waals surface area contributed by atoms with Crippen LogP contribution in [-0.4, -0.2) is 57.4 Å². The molecule has 1 aromatic carbocycles. The SMILES string of the molecule is O=[N+]([O-])c1cc(Br)cc(/C=N\Nc2nc(N3CCCC3)nc(N3CCCC3)n2)c1O. The Morgan fingerprint density at radius 1 is 1.07 bits per heavy atom. The van der Waals surface area contributed by atoms with Crippen molar-refractivity contribution in [3.63, 3.8) is 0 Å². The van der Waals surface area contributed by atoms with Crippen LogP contribution in [0.1, 0.15) is 31.2 Å². The number of nitro groups is 1. The van der Waals surface area contributed by atoms with Gasteiger partial charge >= 0.3 is 5.69 Å². The molecule has 2 N–H and O–H groups in total.